The molecule has 0 spiro atoms. The standard InChI is InChI=1S/C15H23N3O/c1-11-4-2-5-12(10-11)7-9-18-15(19)13-6-3-8-17-14(13)16/h3,6,8,11-12H,2,4-5,7,9-10H2,1H3,(H2,16,17)(H,18,19). The van der Waals surface area contributed by atoms with Gasteiger partial charge in [-0.15, -0.1) is 0 Å². The lowest BCUT2D eigenvalue weighted by molar-refractivity contribution is 0.0950. The van der Waals surface area contributed by atoms with Crippen LogP contribution >= 0.6 is 0 Å². The van der Waals surface area contributed by atoms with Gasteiger partial charge in [0.2, 0.25) is 0 Å². The number of amides is 1. The van der Waals surface area contributed by atoms with Gasteiger partial charge in [-0.25, -0.2) is 4.98 Å². The summed E-state index contributed by atoms with van der Waals surface area (Å²) in [4.78, 5) is 15.9. The summed E-state index contributed by atoms with van der Waals surface area (Å²) in [6.07, 6.45) is 7.94. The Morgan fingerprint density at radius 2 is 2.37 bits per heavy atom. The van der Waals surface area contributed by atoms with Crippen LogP contribution in [0.2, 0.25) is 0 Å². The Hall–Kier alpha value is -1.58. The van der Waals surface area contributed by atoms with Crippen molar-refractivity contribution in [2.24, 2.45) is 11.8 Å². The summed E-state index contributed by atoms with van der Waals surface area (Å²) >= 11 is 0. The summed E-state index contributed by atoms with van der Waals surface area (Å²) < 4.78 is 0. The third-order valence-corrected chi connectivity index (χ3v) is 3.97. The molecular formula is C15H23N3O. The Kier molecular flexibility index (Phi) is 4.77. The first-order chi connectivity index (χ1) is 9.16. The van der Waals surface area contributed by atoms with Gasteiger partial charge in [-0.05, 0) is 36.8 Å². The Labute approximate surface area is 114 Å². The summed E-state index contributed by atoms with van der Waals surface area (Å²) in [7, 11) is 0. The highest BCUT2D eigenvalue weighted by atomic mass is 16.1. The van der Waals surface area contributed by atoms with E-state index in [2.05, 4.69) is 17.2 Å². The smallest absolute Gasteiger partial charge is 0.255 e. The predicted octanol–water partition coefficient (Wildman–Crippen LogP) is 2.61. The molecule has 1 fully saturated rings. The molecule has 0 aromatic carbocycles. The number of pyridine rings is 1. The number of hydrogen-bond donors (Lipinski definition) is 2. The summed E-state index contributed by atoms with van der Waals surface area (Å²) in [5, 5.41) is 2.94. The van der Waals surface area contributed by atoms with E-state index in [4.69, 9.17) is 5.73 Å². The van der Waals surface area contributed by atoms with Crippen LogP contribution in [0.4, 0.5) is 5.82 Å². The van der Waals surface area contributed by atoms with Gasteiger partial charge < -0.3 is 11.1 Å². The Balaban J connectivity index is 1.76. The van der Waals surface area contributed by atoms with E-state index in [1.54, 1.807) is 18.3 Å². The van der Waals surface area contributed by atoms with Crippen molar-refractivity contribution >= 4 is 11.7 Å². The summed E-state index contributed by atoms with van der Waals surface area (Å²) in [6, 6.07) is 3.44. The highest BCUT2D eigenvalue weighted by Gasteiger charge is 2.18. The van der Waals surface area contributed by atoms with Crippen LogP contribution in [-0.4, -0.2) is 17.4 Å². The predicted molar refractivity (Wildman–Crippen MR) is 76.7 cm³/mol. The molecule has 2 unspecified atom stereocenters. The minimum atomic E-state index is -0.116. The van der Waals surface area contributed by atoms with Crippen molar-refractivity contribution in [2.75, 3.05) is 12.3 Å². The van der Waals surface area contributed by atoms with Crippen LogP contribution in [0.1, 0.15) is 49.4 Å². The Bertz CT molecular complexity index is 433. The van der Waals surface area contributed by atoms with Gasteiger partial charge in [0.05, 0.1) is 5.56 Å². The van der Waals surface area contributed by atoms with Crippen molar-refractivity contribution in [3.8, 4) is 0 Å². The van der Waals surface area contributed by atoms with Gasteiger partial charge in [-0.3, -0.25) is 4.79 Å². The Morgan fingerprint density at radius 3 is 3.11 bits per heavy atom. The van der Waals surface area contributed by atoms with E-state index in [0.29, 0.717) is 11.4 Å². The van der Waals surface area contributed by atoms with E-state index in [1.807, 2.05) is 0 Å². The number of nitrogens with two attached hydrogens (primary N) is 1. The monoisotopic (exact) mass is 261 g/mol. The molecule has 2 atom stereocenters. The van der Waals surface area contributed by atoms with Crippen molar-refractivity contribution in [1.29, 1.82) is 0 Å². The number of anilines is 1. The van der Waals surface area contributed by atoms with Crippen LogP contribution in [0.3, 0.4) is 0 Å². The number of rotatable bonds is 4. The lowest BCUT2D eigenvalue weighted by Crippen LogP contribution is -2.27. The molecule has 0 aliphatic heterocycles. The third-order valence-electron chi connectivity index (χ3n) is 3.97. The largest absolute Gasteiger partial charge is 0.383 e. The summed E-state index contributed by atoms with van der Waals surface area (Å²) in [6.45, 7) is 3.05. The van der Waals surface area contributed by atoms with E-state index in [9.17, 15) is 4.79 Å². The second-order valence-corrected chi connectivity index (χ2v) is 5.62. The average Bonchev–Trinajstić information content (AvgIpc) is 2.39. The number of nitrogens with one attached hydrogen (secondary N) is 1. The minimum Gasteiger partial charge on any atom is -0.383 e. The van der Waals surface area contributed by atoms with E-state index >= 15 is 0 Å². The van der Waals surface area contributed by atoms with Gasteiger partial charge in [0.1, 0.15) is 5.82 Å². The first kappa shape index (κ1) is 13.8. The quantitative estimate of drug-likeness (QED) is 0.875. The topological polar surface area (TPSA) is 68.0 Å². The van der Waals surface area contributed by atoms with Crippen LogP contribution < -0.4 is 11.1 Å². The van der Waals surface area contributed by atoms with Gasteiger partial charge in [0.15, 0.2) is 0 Å². The van der Waals surface area contributed by atoms with Crippen molar-refractivity contribution < 1.29 is 4.79 Å². The number of carbonyl (C=O) groups excluding carboxylic acids is 1. The normalized spacial score (nSPS) is 23.0. The van der Waals surface area contributed by atoms with Crippen LogP contribution in [0.5, 0.6) is 0 Å². The average molecular weight is 261 g/mol. The summed E-state index contributed by atoms with van der Waals surface area (Å²) in [5.74, 6) is 1.78. The van der Waals surface area contributed by atoms with E-state index in [1.165, 1.54) is 25.7 Å². The molecule has 2 rings (SSSR count). The number of carbonyl (C=O) groups is 1. The number of aromatic nitrogens is 1. The summed E-state index contributed by atoms with van der Waals surface area (Å²) in [5.41, 5.74) is 6.15. The number of nitrogens with zero attached hydrogens (tertiary/aromatic N) is 1. The van der Waals surface area contributed by atoms with Crippen molar-refractivity contribution in [3.05, 3.63) is 23.9 Å². The van der Waals surface area contributed by atoms with Gasteiger partial charge >= 0.3 is 0 Å². The van der Waals surface area contributed by atoms with Crippen LogP contribution in [0, 0.1) is 11.8 Å². The maximum atomic E-state index is 11.9. The van der Waals surface area contributed by atoms with Crippen LogP contribution in [-0.2, 0) is 0 Å². The second-order valence-electron chi connectivity index (χ2n) is 5.62. The van der Waals surface area contributed by atoms with Gasteiger partial charge in [-0.1, -0.05) is 26.2 Å². The van der Waals surface area contributed by atoms with Crippen molar-refractivity contribution in [3.63, 3.8) is 0 Å². The molecule has 1 aromatic heterocycles. The minimum absolute atomic E-state index is 0.116. The van der Waals surface area contributed by atoms with E-state index in [0.717, 1.165) is 24.8 Å². The van der Waals surface area contributed by atoms with Crippen LogP contribution in [0.15, 0.2) is 18.3 Å². The zero-order chi connectivity index (χ0) is 13.7. The zero-order valence-electron chi connectivity index (χ0n) is 11.6. The molecule has 4 heteroatoms. The Morgan fingerprint density at radius 1 is 1.53 bits per heavy atom. The van der Waals surface area contributed by atoms with Gasteiger partial charge in [-0.2, -0.15) is 0 Å². The third kappa shape index (κ3) is 3.94. The molecule has 1 saturated carbocycles. The molecule has 4 nitrogen and oxygen atoms in total. The molecule has 1 aromatic rings. The molecular weight excluding hydrogens is 238 g/mol. The lowest BCUT2D eigenvalue weighted by atomic mass is 9.81. The molecule has 104 valence electrons. The van der Waals surface area contributed by atoms with Gasteiger partial charge in [0, 0.05) is 12.7 Å². The SMILES string of the molecule is CC1CCCC(CCNC(=O)c2cccnc2N)C1. The van der Waals surface area contributed by atoms with Crippen molar-refractivity contribution in [1.82, 2.24) is 10.3 Å². The molecule has 0 saturated heterocycles. The van der Waals surface area contributed by atoms with Crippen molar-refractivity contribution in [2.45, 2.75) is 39.0 Å². The highest BCUT2D eigenvalue weighted by Crippen LogP contribution is 2.30. The number of nitrogen functional groups attached to an aromatic ring is 1. The van der Waals surface area contributed by atoms with E-state index in [-0.39, 0.29) is 5.91 Å². The molecule has 1 aliphatic carbocycles. The highest BCUT2D eigenvalue weighted by molar-refractivity contribution is 5.98. The van der Waals surface area contributed by atoms with Gasteiger partial charge in [0.25, 0.3) is 5.91 Å². The zero-order valence-corrected chi connectivity index (χ0v) is 11.6. The fourth-order valence-electron chi connectivity index (χ4n) is 2.92. The molecule has 1 aliphatic rings. The number of hydrogen-bond acceptors (Lipinski definition) is 3. The molecule has 19 heavy (non-hydrogen) atoms. The van der Waals surface area contributed by atoms with E-state index < -0.39 is 0 Å². The maximum absolute atomic E-state index is 11.9. The van der Waals surface area contributed by atoms with Crippen LogP contribution in [0.25, 0.3) is 0 Å². The molecule has 3 N–H and O–H groups in total. The molecule has 1 heterocycles. The fraction of sp³-hybridized carbons (Fsp3) is 0.600. The molecule has 0 bridgehead atoms. The lowest BCUT2D eigenvalue weighted by Gasteiger charge is -2.26. The maximum Gasteiger partial charge on any atom is 0.255 e. The fourth-order valence-corrected chi connectivity index (χ4v) is 2.92. The first-order valence-corrected chi connectivity index (χ1v) is 7.15. The second kappa shape index (κ2) is 6.55. The molecule has 0 radical (unpaired) electrons. The first-order valence-electron chi connectivity index (χ1n) is 7.15. The molecule has 1 amide bonds.